The van der Waals surface area contributed by atoms with Gasteiger partial charge in [0.2, 0.25) is 5.91 Å². The van der Waals surface area contributed by atoms with E-state index in [1.165, 1.54) is 0 Å². The predicted molar refractivity (Wildman–Crippen MR) is 60.3 cm³/mol. The number of primary amides is 1. The Morgan fingerprint density at radius 1 is 1.33 bits per heavy atom. The molecule has 15 heavy (non-hydrogen) atoms. The van der Waals surface area contributed by atoms with Gasteiger partial charge in [0.25, 0.3) is 0 Å². The average Bonchev–Trinajstić information content (AvgIpc) is 2.18. The molecular weight excluding hydrogens is 190 g/mol. The Morgan fingerprint density at radius 2 is 1.93 bits per heavy atom. The van der Waals surface area contributed by atoms with Gasteiger partial charge in [0.05, 0.1) is 0 Å². The molecule has 0 saturated carbocycles. The lowest BCUT2D eigenvalue weighted by Crippen LogP contribution is -2.25. The fourth-order valence-corrected chi connectivity index (χ4v) is 1.39. The van der Waals surface area contributed by atoms with Gasteiger partial charge >= 0.3 is 0 Å². The van der Waals surface area contributed by atoms with Crippen molar-refractivity contribution >= 4 is 5.91 Å². The average molecular weight is 207 g/mol. The number of benzene rings is 1. The maximum Gasteiger partial charge on any atom is 0.248 e. The Morgan fingerprint density at radius 3 is 2.40 bits per heavy atom. The second kappa shape index (κ2) is 5.48. The number of nitrogens with two attached hydrogens (primary N) is 2. The Labute approximate surface area is 89.9 Å². The Balaban J connectivity index is 2.60. The van der Waals surface area contributed by atoms with Gasteiger partial charge < -0.3 is 16.4 Å². The van der Waals surface area contributed by atoms with E-state index in [0.29, 0.717) is 12.1 Å². The topological polar surface area (TPSA) is 72.3 Å². The predicted octanol–water partition coefficient (Wildman–Crippen LogP) is 0.176. The Hall–Kier alpha value is -1.39. The minimum absolute atomic E-state index is 0.392. The molecule has 4 heteroatoms. The highest BCUT2D eigenvalue weighted by molar-refractivity contribution is 5.92. The van der Waals surface area contributed by atoms with Crippen molar-refractivity contribution in [2.45, 2.75) is 6.54 Å². The van der Waals surface area contributed by atoms with Crippen LogP contribution in [0.5, 0.6) is 0 Å². The van der Waals surface area contributed by atoms with Gasteiger partial charge in [-0.2, -0.15) is 0 Å². The molecular formula is C11H17N3O. The number of likely N-dealkylation sites (N-methyl/N-ethyl adjacent to an activating group) is 1. The summed E-state index contributed by atoms with van der Waals surface area (Å²) in [6.45, 7) is 2.34. The quantitative estimate of drug-likeness (QED) is 0.723. The van der Waals surface area contributed by atoms with Crippen LogP contribution in [0, 0.1) is 0 Å². The fraction of sp³-hybridized carbons (Fsp3) is 0.364. The fourth-order valence-electron chi connectivity index (χ4n) is 1.39. The van der Waals surface area contributed by atoms with E-state index in [-0.39, 0.29) is 0 Å². The van der Waals surface area contributed by atoms with Crippen molar-refractivity contribution in [2.75, 3.05) is 20.1 Å². The Kier molecular flexibility index (Phi) is 4.27. The molecule has 0 spiro atoms. The summed E-state index contributed by atoms with van der Waals surface area (Å²) in [4.78, 5) is 13.0. The molecule has 1 rings (SSSR count). The molecule has 0 unspecified atom stereocenters. The van der Waals surface area contributed by atoms with E-state index in [2.05, 4.69) is 4.90 Å². The summed E-state index contributed by atoms with van der Waals surface area (Å²) in [6.07, 6.45) is 0. The summed E-state index contributed by atoms with van der Waals surface area (Å²) in [5, 5.41) is 0. The zero-order valence-electron chi connectivity index (χ0n) is 8.94. The largest absolute Gasteiger partial charge is 0.366 e. The monoisotopic (exact) mass is 207 g/mol. The molecule has 0 aliphatic heterocycles. The molecule has 0 aromatic heterocycles. The van der Waals surface area contributed by atoms with Crippen LogP contribution in [-0.4, -0.2) is 30.9 Å². The van der Waals surface area contributed by atoms with Crippen LogP contribution in [0.2, 0.25) is 0 Å². The van der Waals surface area contributed by atoms with E-state index in [9.17, 15) is 4.79 Å². The lowest BCUT2D eigenvalue weighted by atomic mass is 10.1. The molecule has 0 aliphatic rings. The zero-order valence-corrected chi connectivity index (χ0v) is 8.94. The summed E-state index contributed by atoms with van der Waals surface area (Å²) in [6, 6.07) is 7.31. The van der Waals surface area contributed by atoms with Crippen molar-refractivity contribution in [1.82, 2.24) is 4.90 Å². The second-order valence-corrected chi connectivity index (χ2v) is 3.59. The molecule has 0 aliphatic carbocycles. The molecule has 0 fully saturated rings. The van der Waals surface area contributed by atoms with Crippen LogP contribution < -0.4 is 11.5 Å². The van der Waals surface area contributed by atoms with Crippen molar-refractivity contribution in [3.8, 4) is 0 Å². The van der Waals surface area contributed by atoms with Gasteiger partial charge in [0, 0.05) is 25.2 Å². The Bertz CT molecular complexity index is 321. The summed E-state index contributed by atoms with van der Waals surface area (Å²) in [5.41, 5.74) is 12.3. The smallest absolute Gasteiger partial charge is 0.248 e. The number of nitrogens with zero attached hydrogens (tertiary/aromatic N) is 1. The SMILES string of the molecule is CN(CCN)Cc1ccc(C(N)=O)cc1. The number of hydrogen-bond donors (Lipinski definition) is 2. The summed E-state index contributed by atoms with van der Waals surface area (Å²) in [7, 11) is 2.01. The van der Waals surface area contributed by atoms with E-state index in [0.717, 1.165) is 18.7 Å². The van der Waals surface area contributed by atoms with E-state index in [1.807, 2.05) is 19.2 Å². The first kappa shape index (κ1) is 11.7. The number of rotatable bonds is 5. The van der Waals surface area contributed by atoms with Crippen LogP contribution in [0.1, 0.15) is 15.9 Å². The summed E-state index contributed by atoms with van der Waals surface area (Å²) in [5.74, 6) is -0.392. The maximum absolute atomic E-state index is 10.8. The van der Waals surface area contributed by atoms with Gasteiger partial charge in [-0.25, -0.2) is 0 Å². The van der Waals surface area contributed by atoms with E-state index in [4.69, 9.17) is 11.5 Å². The van der Waals surface area contributed by atoms with Crippen LogP contribution in [0.25, 0.3) is 0 Å². The number of hydrogen-bond acceptors (Lipinski definition) is 3. The van der Waals surface area contributed by atoms with Crippen molar-refractivity contribution < 1.29 is 4.79 Å². The normalized spacial score (nSPS) is 10.6. The molecule has 4 N–H and O–H groups in total. The standard InChI is InChI=1S/C11H17N3O/c1-14(7-6-12)8-9-2-4-10(5-3-9)11(13)15/h2-5H,6-8,12H2,1H3,(H2,13,15). The molecule has 1 aromatic carbocycles. The first-order valence-corrected chi connectivity index (χ1v) is 4.91. The third kappa shape index (κ3) is 3.69. The molecule has 0 atom stereocenters. The van der Waals surface area contributed by atoms with Crippen LogP contribution in [0.15, 0.2) is 24.3 Å². The van der Waals surface area contributed by atoms with Crippen molar-refractivity contribution in [2.24, 2.45) is 11.5 Å². The van der Waals surface area contributed by atoms with E-state index in [1.54, 1.807) is 12.1 Å². The van der Waals surface area contributed by atoms with Gasteiger partial charge in [0.1, 0.15) is 0 Å². The molecule has 0 heterocycles. The number of carbonyl (C=O) groups excluding carboxylic acids is 1. The van der Waals surface area contributed by atoms with Gasteiger partial charge in [-0.3, -0.25) is 4.79 Å². The maximum atomic E-state index is 10.8. The van der Waals surface area contributed by atoms with Crippen LogP contribution >= 0.6 is 0 Å². The first-order chi connectivity index (χ1) is 7.13. The highest BCUT2D eigenvalue weighted by Gasteiger charge is 2.01. The minimum atomic E-state index is -0.392. The summed E-state index contributed by atoms with van der Waals surface area (Å²) < 4.78 is 0. The zero-order chi connectivity index (χ0) is 11.3. The van der Waals surface area contributed by atoms with Crippen LogP contribution in [-0.2, 0) is 6.54 Å². The van der Waals surface area contributed by atoms with E-state index >= 15 is 0 Å². The van der Waals surface area contributed by atoms with Gasteiger partial charge in [-0.1, -0.05) is 12.1 Å². The van der Waals surface area contributed by atoms with Crippen LogP contribution in [0.3, 0.4) is 0 Å². The molecule has 0 bridgehead atoms. The van der Waals surface area contributed by atoms with Crippen molar-refractivity contribution in [3.63, 3.8) is 0 Å². The van der Waals surface area contributed by atoms with Gasteiger partial charge in [-0.05, 0) is 24.7 Å². The highest BCUT2D eigenvalue weighted by Crippen LogP contribution is 2.05. The molecule has 0 radical (unpaired) electrons. The number of amides is 1. The van der Waals surface area contributed by atoms with Crippen LogP contribution in [0.4, 0.5) is 0 Å². The van der Waals surface area contributed by atoms with E-state index < -0.39 is 5.91 Å². The van der Waals surface area contributed by atoms with Gasteiger partial charge in [0.15, 0.2) is 0 Å². The second-order valence-electron chi connectivity index (χ2n) is 3.59. The molecule has 0 saturated heterocycles. The van der Waals surface area contributed by atoms with Gasteiger partial charge in [-0.15, -0.1) is 0 Å². The first-order valence-electron chi connectivity index (χ1n) is 4.91. The third-order valence-electron chi connectivity index (χ3n) is 2.20. The third-order valence-corrected chi connectivity index (χ3v) is 2.20. The molecule has 1 amide bonds. The number of carbonyl (C=O) groups is 1. The lowest BCUT2D eigenvalue weighted by Gasteiger charge is -2.15. The molecule has 4 nitrogen and oxygen atoms in total. The van der Waals surface area contributed by atoms with Crippen molar-refractivity contribution in [1.29, 1.82) is 0 Å². The molecule has 1 aromatic rings. The highest BCUT2D eigenvalue weighted by atomic mass is 16.1. The lowest BCUT2D eigenvalue weighted by molar-refractivity contribution is 0.100. The molecule has 82 valence electrons. The minimum Gasteiger partial charge on any atom is -0.366 e. The van der Waals surface area contributed by atoms with Crippen molar-refractivity contribution in [3.05, 3.63) is 35.4 Å². The summed E-state index contributed by atoms with van der Waals surface area (Å²) >= 11 is 0.